The first-order valence-electron chi connectivity index (χ1n) is 7.88. The van der Waals surface area contributed by atoms with Crippen LogP contribution in [0.3, 0.4) is 0 Å². The van der Waals surface area contributed by atoms with E-state index in [4.69, 9.17) is 0 Å². The van der Waals surface area contributed by atoms with Crippen LogP contribution >= 0.6 is 15.9 Å². The molecule has 0 atom stereocenters. The van der Waals surface area contributed by atoms with Crippen LogP contribution in [-0.4, -0.2) is 10.9 Å². The van der Waals surface area contributed by atoms with Gasteiger partial charge in [-0.25, -0.2) is 0 Å². The highest BCUT2D eigenvalue weighted by Gasteiger charge is 2.10. The molecule has 0 fully saturated rings. The van der Waals surface area contributed by atoms with Crippen molar-refractivity contribution in [3.05, 3.63) is 82.1 Å². The molecule has 0 saturated carbocycles. The minimum absolute atomic E-state index is 0.205. The van der Waals surface area contributed by atoms with Crippen molar-refractivity contribution < 1.29 is 4.79 Å². The monoisotopic (exact) mass is 395 g/mol. The Morgan fingerprint density at radius 1 is 1.00 bits per heavy atom. The number of nitrogens with zero attached hydrogens (tertiary/aromatic N) is 1. The lowest BCUT2D eigenvalue weighted by Gasteiger charge is -2.12. The van der Waals surface area contributed by atoms with Gasteiger partial charge in [0.15, 0.2) is 0 Å². The van der Waals surface area contributed by atoms with Crippen molar-refractivity contribution in [2.75, 3.05) is 10.6 Å². The van der Waals surface area contributed by atoms with Crippen molar-refractivity contribution >= 4 is 38.9 Å². The molecule has 0 aliphatic heterocycles. The Labute approximate surface area is 155 Å². The number of pyridine rings is 1. The van der Waals surface area contributed by atoms with Crippen molar-refractivity contribution in [1.82, 2.24) is 4.98 Å². The van der Waals surface area contributed by atoms with Gasteiger partial charge in [-0.1, -0.05) is 24.3 Å². The number of carbonyl (C=O) groups is 1. The Morgan fingerprint density at radius 2 is 1.80 bits per heavy atom. The summed E-state index contributed by atoms with van der Waals surface area (Å²) in [5.41, 5.74) is 5.29. The second-order valence-corrected chi connectivity index (χ2v) is 6.69. The van der Waals surface area contributed by atoms with Gasteiger partial charge in [-0.05, 0) is 65.2 Å². The summed E-state index contributed by atoms with van der Waals surface area (Å²) in [6, 6.07) is 15.5. The van der Waals surface area contributed by atoms with E-state index >= 15 is 0 Å². The third kappa shape index (κ3) is 4.25. The quantitative estimate of drug-likeness (QED) is 0.616. The SMILES string of the molecule is Cc1ccc(C)c(Nc2cncc(C(=O)Nc3ccccc3Br)c2)c1. The molecule has 1 amide bonds. The molecule has 0 aliphatic carbocycles. The Hall–Kier alpha value is -2.66. The molecule has 0 saturated heterocycles. The molecule has 0 unspecified atom stereocenters. The van der Waals surface area contributed by atoms with Crippen molar-refractivity contribution in [3.63, 3.8) is 0 Å². The summed E-state index contributed by atoms with van der Waals surface area (Å²) in [5.74, 6) is -0.205. The molecule has 1 aromatic heterocycles. The van der Waals surface area contributed by atoms with Crippen molar-refractivity contribution in [2.45, 2.75) is 13.8 Å². The Balaban J connectivity index is 1.80. The molecule has 2 N–H and O–H groups in total. The summed E-state index contributed by atoms with van der Waals surface area (Å²) >= 11 is 3.43. The molecule has 3 aromatic rings. The van der Waals surface area contributed by atoms with Crippen molar-refractivity contribution in [3.8, 4) is 0 Å². The lowest BCUT2D eigenvalue weighted by atomic mass is 10.1. The number of amides is 1. The number of anilines is 3. The number of aromatic nitrogens is 1. The van der Waals surface area contributed by atoms with Crippen LogP contribution in [0.15, 0.2) is 65.4 Å². The number of carbonyl (C=O) groups excluding carboxylic acids is 1. The van der Waals surface area contributed by atoms with Gasteiger partial charge in [0, 0.05) is 16.4 Å². The van der Waals surface area contributed by atoms with Gasteiger partial charge in [-0.15, -0.1) is 0 Å². The molecule has 0 spiro atoms. The maximum absolute atomic E-state index is 12.5. The summed E-state index contributed by atoms with van der Waals surface area (Å²) in [6.45, 7) is 4.09. The number of rotatable bonds is 4. The topological polar surface area (TPSA) is 54.0 Å². The normalized spacial score (nSPS) is 10.4. The predicted octanol–water partition coefficient (Wildman–Crippen LogP) is 5.46. The van der Waals surface area contributed by atoms with E-state index in [1.54, 1.807) is 18.5 Å². The van der Waals surface area contributed by atoms with Gasteiger partial charge in [0.1, 0.15) is 0 Å². The van der Waals surface area contributed by atoms with Crippen LogP contribution in [0, 0.1) is 13.8 Å². The standard InChI is InChI=1S/C20H18BrN3O/c1-13-7-8-14(2)19(9-13)23-16-10-15(11-22-12-16)20(25)24-18-6-4-3-5-17(18)21/h3-12,23H,1-2H3,(H,24,25). The highest BCUT2D eigenvalue weighted by atomic mass is 79.9. The highest BCUT2D eigenvalue weighted by molar-refractivity contribution is 9.10. The highest BCUT2D eigenvalue weighted by Crippen LogP contribution is 2.24. The number of halogens is 1. The van der Waals surface area contributed by atoms with Gasteiger partial charge in [0.25, 0.3) is 5.91 Å². The van der Waals surface area contributed by atoms with Gasteiger partial charge < -0.3 is 10.6 Å². The number of aryl methyl sites for hydroxylation is 2. The van der Waals surface area contributed by atoms with E-state index in [1.807, 2.05) is 38.1 Å². The Bertz CT molecular complexity index is 924. The van der Waals surface area contributed by atoms with Crippen LogP contribution in [0.2, 0.25) is 0 Å². The summed E-state index contributed by atoms with van der Waals surface area (Å²) < 4.78 is 0.834. The predicted molar refractivity (Wildman–Crippen MR) is 106 cm³/mol. The van der Waals surface area contributed by atoms with E-state index in [0.29, 0.717) is 5.56 Å². The number of hydrogen-bond acceptors (Lipinski definition) is 3. The molecular formula is C20H18BrN3O. The number of hydrogen-bond donors (Lipinski definition) is 2. The lowest BCUT2D eigenvalue weighted by molar-refractivity contribution is 0.102. The third-order valence-electron chi connectivity index (χ3n) is 3.79. The van der Waals surface area contributed by atoms with Crippen LogP contribution in [0.25, 0.3) is 0 Å². The van der Waals surface area contributed by atoms with Crippen LogP contribution in [0.1, 0.15) is 21.5 Å². The summed E-state index contributed by atoms with van der Waals surface area (Å²) in [7, 11) is 0. The fraction of sp³-hybridized carbons (Fsp3) is 0.100. The number of para-hydroxylation sites is 1. The molecule has 0 bridgehead atoms. The second-order valence-electron chi connectivity index (χ2n) is 5.84. The number of benzene rings is 2. The van der Waals surface area contributed by atoms with E-state index in [2.05, 4.69) is 49.7 Å². The van der Waals surface area contributed by atoms with E-state index in [0.717, 1.165) is 27.1 Å². The fourth-order valence-corrected chi connectivity index (χ4v) is 2.80. The Kier molecular flexibility index (Phi) is 5.14. The van der Waals surface area contributed by atoms with Gasteiger partial charge in [-0.2, -0.15) is 0 Å². The van der Waals surface area contributed by atoms with Gasteiger partial charge in [0.05, 0.1) is 23.1 Å². The second kappa shape index (κ2) is 7.49. The van der Waals surface area contributed by atoms with Crippen LogP contribution in [-0.2, 0) is 0 Å². The average Bonchev–Trinajstić information content (AvgIpc) is 2.60. The van der Waals surface area contributed by atoms with Crippen LogP contribution in [0.5, 0.6) is 0 Å². The van der Waals surface area contributed by atoms with Gasteiger partial charge >= 0.3 is 0 Å². The van der Waals surface area contributed by atoms with E-state index in [9.17, 15) is 4.79 Å². The minimum Gasteiger partial charge on any atom is -0.354 e. The molecule has 126 valence electrons. The first-order valence-corrected chi connectivity index (χ1v) is 8.67. The van der Waals surface area contributed by atoms with E-state index < -0.39 is 0 Å². The zero-order valence-electron chi connectivity index (χ0n) is 14.0. The summed E-state index contributed by atoms with van der Waals surface area (Å²) in [6.07, 6.45) is 3.26. The Morgan fingerprint density at radius 3 is 2.60 bits per heavy atom. The van der Waals surface area contributed by atoms with Gasteiger partial charge in [0.2, 0.25) is 0 Å². The van der Waals surface area contributed by atoms with Gasteiger partial charge in [-0.3, -0.25) is 9.78 Å². The summed E-state index contributed by atoms with van der Waals surface area (Å²) in [5, 5.41) is 6.22. The van der Waals surface area contributed by atoms with E-state index in [-0.39, 0.29) is 5.91 Å². The molecule has 1 heterocycles. The van der Waals surface area contributed by atoms with Crippen LogP contribution in [0.4, 0.5) is 17.1 Å². The molecule has 5 heteroatoms. The molecule has 25 heavy (non-hydrogen) atoms. The largest absolute Gasteiger partial charge is 0.354 e. The third-order valence-corrected chi connectivity index (χ3v) is 4.49. The molecule has 2 aromatic carbocycles. The number of nitrogens with one attached hydrogen (secondary N) is 2. The molecular weight excluding hydrogens is 378 g/mol. The minimum atomic E-state index is -0.205. The zero-order chi connectivity index (χ0) is 17.8. The maximum atomic E-state index is 12.5. The lowest BCUT2D eigenvalue weighted by Crippen LogP contribution is -2.13. The molecule has 3 rings (SSSR count). The van der Waals surface area contributed by atoms with E-state index in [1.165, 1.54) is 5.56 Å². The first kappa shape index (κ1) is 17.2. The first-order chi connectivity index (χ1) is 12.0. The molecule has 4 nitrogen and oxygen atoms in total. The van der Waals surface area contributed by atoms with Crippen molar-refractivity contribution in [2.24, 2.45) is 0 Å². The molecule has 0 aliphatic rings. The summed E-state index contributed by atoms with van der Waals surface area (Å²) in [4.78, 5) is 16.7. The van der Waals surface area contributed by atoms with Crippen molar-refractivity contribution in [1.29, 1.82) is 0 Å². The van der Waals surface area contributed by atoms with Crippen LogP contribution < -0.4 is 10.6 Å². The maximum Gasteiger partial charge on any atom is 0.257 e. The fourth-order valence-electron chi connectivity index (χ4n) is 2.42. The average molecular weight is 396 g/mol. The smallest absolute Gasteiger partial charge is 0.257 e. The molecule has 0 radical (unpaired) electrons. The zero-order valence-corrected chi connectivity index (χ0v) is 15.6.